The summed E-state index contributed by atoms with van der Waals surface area (Å²) in [6.07, 6.45) is 37.0. The third kappa shape index (κ3) is 32.8. The van der Waals surface area contributed by atoms with Gasteiger partial charge in [0.2, 0.25) is 0 Å². The molecule has 0 heterocycles. The first-order valence-electron chi connectivity index (χ1n) is 25.1. The number of unbranched alkanes of at least 4 members (excludes halogenated alkanes) is 19. The van der Waals surface area contributed by atoms with Crippen LogP contribution in [0.15, 0.2) is 60.8 Å². The van der Waals surface area contributed by atoms with Crippen LogP contribution in [0.25, 0.3) is 0 Å². The second-order valence-electron chi connectivity index (χ2n) is 17.3. The number of carbonyl (C=O) groups is 2. The maximum Gasteiger partial charge on any atom is 0.472 e. The van der Waals surface area contributed by atoms with E-state index in [1.165, 1.54) is 89.9 Å². The van der Waals surface area contributed by atoms with Crippen molar-refractivity contribution in [1.29, 1.82) is 0 Å². The van der Waals surface area contributed by atoms with E-state index in [1.807, 2.05) is 12.2 Å². The lowest BCUT2D eigenvalue weighted by Crippen LogP contribution is -2.64. The Morgan fingerprint density at radius 2 is 0.846 bits per heavy atom. The SMILES string of the molecule is CCCCC/C=C/C/C=C/CCCCCCCCCCCC(=O)O[C@H](COC(=O)CCC/C=C/C/C=C/C/C=C/CCCCCCCC)COP(=O)(O)OC1C(O)C(O)C(O)[C@@H](O)C1O. The number of aliphatic hydroxyl groups excluding tert-OH is 5. The van der Waals surface area contributed by atoms with E-state index in [0.29, 0.717) is 19.3 Å². The Morgan fingerprint density at radius 3 is 1.34 bits per heavy atom. The highest BCUT2D eigenvalue weighted by molar-refractivity contribution is 7.47. The molecule has 0 aromatic carbocycles. The van der Waals surface area contributed by atoms with Gasteiger partial charge in [-0.15, -0.1) is 0 Å². The molecule has 1 aliphatic rings. The Hall–Kier alpha value is -2.45. The van der Waals surface area contributed by atoms with Gasteiger partial charge in [-0.05, 0) is 77.0 Å². The Bertz CT molecular complexity index is 1370. The number of allylic oxidation sites excluding steroid dienone is 10. The van der Waals surface area contributed by atoms with Crippen LogP contribution in [0.2, 0.25) is 0 Å². The van der Waals surface area contributed by atoms with Gasteiger partial charge < -0.3 is 39.9 Å². The molecule has 1 saturated carbocycles. The summed E-state index contributed by atoms with van der Waals surface area (Å²) in [5.74, 6) is -1.17. The maximum absolute atomic E-state index is 12.8. The van der Waals surface area contributed by atoms with Crippen molar-refractivity contribution in [3.05, 3.63) is 60.8 Å². The maximum atomic E-state index is 12.8. The van der Waals surface area contributed by atoms with Crippen molar-refractivity contribution in [2.75, 3.05) is 13.2 Å². The molecule has 6 unspecified atom stereocenters. The van der Waals surface area contributed by atoms with Crippen LogP contribution < -0.4 is 0 Å². The van der Waals surface area contributed by atoms with Crippen LogP contribution >= 0.6 is 7.82 Å². The average Bonchev–Trinajstić information content (AvgIpc) is 3.29. The average molecular weight is 941 g/mol. The number of aliphatic hydroxyl groups is 5. The number of esters is 2. The van der Waals surface area contributed by atoms with Crippen molar-refractivity contribution in [2.24, 2.45) is 0 Å². The molecule has 0 bridgehead atoms. The topological polar surface area (TPSA) is 210 Å². The van der Waals surface area contributed by atoms with Crippen LogP contribution in [0.5, 0.6) is 0 Å². The van der Waals surface area contributed by atoms with Crippen LogP contribution in [-0.4, -0.2) is 98.3 Å². The van der Waals surface area contributed by atoms with Gasteiger partial charge in [-0.25, -0.2) is 4.57 Å². The lowest BCUT2D eigenvalue weighted by molar-refractivity contribution is -0.220. The zero-order valence-electron chi connectivity index (χ0n) is 40.0. The van der Waals surface area contributed by atoms with E-state index in [0.717, 1.165) is 57.8 Å². The minimum Gasteiger partial charge on any atom is -0.462 e. The Balaban J connectivity index is 2.46. The minimum atomic E-state index is -5.14. The lowest BCUT2D eigenvalue weighted by atomic mass is 9.85. The summed E-state index contributed by atoms with van der Waals surface area (Å²) in [4.78, 5) is 35.8. The molecule has 8 atom stereocenters. The third-order valence-electron chi connectivity index (χ3n) is 11.3. The van der Waals surface area contributed by atoms with Crippen LogP contribution in [0.1, 0.15) is 194 Å². The Morgan fingerprint density at radius 1 is 0.477 bits per heavy atom. The molecule has 376 valence electrons. The normalized spacial score (nSPS) is 21.9. The molecular weight excluding hydrogens is 852 g/mol. The van der Waals surface area contributed by atoms with Gasteiger partial charge in [0.1, 0.15) is 43.2 Å². The summed E-state index contributed by atoms with van der Waals surface area (Å²) in [6, 6.07) is 0. The smallest absolute Gasteiger partial charge is 0.462 e. The fourth-order valence-electron chi connectivity index (χ4n) is 7.27. The van der Waals surface area contributed by atoms with Crippen molar-refractivity contribution in [3.63, 3.8) is 0 Å². The predicted molar refractivity (Wildman–Crippen MR) is 258 cm³/mol. The number of rotatable bonds is 41. The molecule has 0 spiro atoms. The molecule has 0 radical (unpaired) electrons. The van der Waals surface area contributed by atoms with Gasteiger partial charge in [-0.3, -0.25) is 18.6 Å². The highest BCUT2D eigenvalue weighted by atomic mass is 31.2. The van der Waals surface area contributed by atoms with Gasteiger partial charge in [-0.1, -0.05) is 164 Å². The van der Waals surface area contributed by atoms with E-state index in [1.54, 1.807) is 0 Å². The van der Waals surface area contributed by atoms with Crippen LogP contribution in [0.3, 0.4) is 0 Å². The third-order valence-corrected chi connectivity index (χ3v) is 12.3. The highest BCUT2D eigenvalue weighted by Gasteiger charge is 2.51. The van der Waals surface area contributed by atoms with Gasteiger partial charge in [-0.2, -0.15) is 0 Å². The van der Waals surface area contributed by atoms with Crippen molar-refractivity contribution >= 4 is 19.8 Å². The van der Waals surface area contributed by atoms with Crippen LogP contribution in [0.4, 0.5) is 0 Å². The van der Waals surface area contributed by atoms with Gasteiger partial charge >= 0.3 is 19.8 Å². The fourth-order valence-corrected chi connectivity index (χ4v) is 8.25. The van der Waals surface area contributed by atoms with E-state index >= 15 is 0 Å². The standard InChI is InChI=1S/C51H89O13P/c1-3-5-7-9-11-13-15-17-19-21-22-24-26-28-30-32-34-36-38-40-45(53)63-43(42-62-65(59,60)64-51-49(57)47(55)46(54)48(56)50(51)58)41-61-44(52)39-37-35-33-31-29-27-25-23-20-18-16-14-12-10-8-6-4-2/h11,13,17-20,25,27,31,33,43,46-51,54-58H,3-10,12,14-16,21-24,26,28-30,32,34-42H2,1-2H3,(H,59,60)/b13-11+,19-17+,20-18+,27-25+,33-31+/t43-,46?,47-,48?,49?,50?,51?/m1/s1. The number of ether oxygens (including phenoxy) is 2. The van der Waals surface area contributed by atoms with Crippen molar-refractivity contribution in [2.45, 2.75) is 236 Å². The number of phosphoric ester groups is 1. The van der Waals surface area contributed by atoms with Gasteiger partial charge in [0.25, 0.3) is 0 Å². The van der Waals surface area contributed by atoms with Gasteiger partial charge in [0, 0.05) is 12.8 Å². The fraction of sp³-hybridized carbons (Fsp3) is 0.765. The number of hydrogen-bond donors (Lipinski definition) is 6. The molecule has 0 aromatic heterocycles. The summed E-state index contributed by atoms with van der Waals surface area (Å²) in [5, 5.41) is 50.2. The molecule has 0 saturated heterocycles. The predicted octanol–water partition coefficient (Wildman–Crippen LogP) is 10.5. The van der Waals surface area contributed by atoms with Crippen LogP contribution in [0, 0.1) is 0 Å². The lowest BCUT2D eigenvalue weighted by Gasteiger charge is -2.41. The van der Waals surface area contributed by atoms with Crippen LogP contribution in [-0.2, 0) is 32.7 Å². The van der Waals surface area contributed by atoms with E-state index in [-0.39, 0.29) is 12.8 Å². The zero-order chi connectivity index (χ0) is 47.8. The zero-order valence-corrected chi connectivity index (χ0v) is 40.9. The molecule has 13 nitrogen and oxygen atoms in total. The largest absolute Gasteiger partial charge is 0.472 e. The quantitative estimate of drug-likeness (QED) is 0.0146. The molecule has 6 N–H and O–H groups in total. The first-order valence-corrected chi connectivity index (χ1v) is 26.6. The molecule has 14 heteroatoms. The van der Waals surface area contributed by atoms with Crippen molar-refractivity contribution in [3.8, 4) is 0 Å². The molecule has 0 aliphatic heterocycles. The summed E-state index contributed by atoms with van der Waals surface area (Å²) >= 11 is 0. The number of carbonyl (C=O) groups excluding carboxylic acids is 2. The summed E-state index contributed by atoms with van der Waals surface area (Å²) in [6.45, 7) is 3.23. The van der Waals surface area contributed by atoms with E-state index in [2.05, 4.69) is 62.5 Å². The first kappa shape index (κ1) is 60.6. The van der Waals surface area contributed by atoms with Crippen molar-refractivity contribution in [1.82, 2.24) is 0 Å². The number of hydrogen-bond acceptors (Lipinski definition) is 12. The second kappa shape index (κ2) is 40.6. The molecule has 65 heavy (non-hydrogen) atoms. The summed E-state index contributed by atoms with van der Waals surface area (Å²) in [7, 11) is -5.14. The Labute approximate surface area is 392 Å². The molecule has 1 fully saturated rings. The Kier molecular flexibility index (Phi) is 37.8. The van der Waals surface area contributed by atoms with E-state index in [4.69, 9.17) is 18.5 Å². The molecule has 0 amide bonds. The second-order valence-corrected chi connectivity index (χ2v) is 18.7. The highest BCUT2D eigenvalue weighted by Crippen LogP contribution is 2.47. The molecule has 0 aromatic rings. The van der Waals surface area contributed by atoms with Gasteiger partial charge in [0.15, 0.2) is 6.10 Å². The monoisotopic (exact) mass is 941 g/mol. The van der Waals surface area contributed by atoms with Crippen molar-refractivity contribution < 1.29 is 63.1 Å². The molecule has 1 aliphatic carbocycles. The van der Waals surface area contributed by atoms with E-state index in [9.17, 15) is 44.6 Å². The summed E-state index contributed by atoms with van der Waals surface area (Å²) < 4.78 is 33.5. The molecular formula is C51H89O13P. The van der Waals surface area contributed by atoms with E-state index < -0.39 is 75.7 Å². The summed E-state index contributed by atoms with van der Waals surface area (Å²) in [5.41, 5.74) is 0. The molecule has 1 rings (SSSR count). The van der Waals surface area contributed by atoms with Gasteiger partial charge in [0.05, 0.1) is 6.61 Å². The minimum absolute atomic E-state index is 0.0793. The number of phosphoric acid groups is 1. The first-order chi connectivity index (χ1) is 31.4.